The molecule has 0 radical (unpaired) electrons. The van der Waals surface area contributed by atoms with Crippen LogP contribution in [0.5, 0.6) is 0 Å². The molecule has 1 rings (SSSR count). The molecule has 1 heterocycles. The van der Waals surface area contributed by atoms with Gasteiger partial charge in [-0.25, -0.2) is 4.79 Å². The minimum absolute atomic E-state index is 0.0128. The van der Waals surface area contributed by atoms with Gasteiger partial charge in [0, 0.05) is 6.61 Å². The number of hydrogen-bond acceptors (Lipinski definition) is 4. The second-order valence-corrected chi connectivity index (χ2v) is 6.38. The molecule has 0 unspecified atom stereocenters. The van der Waals surface area contributed by atoms with Crippen LogP contribution in [0, 0.1) is 0 Å². The molecule has 0 aromatic rings. The molecule has 0 bridgehead atoms. The molecule has 5 nitrogen and oxygen atoms in total. The van der Waals surface area contributed by atoms with Crippen molar-refractivity contribution in [2.45, 2.75) is 71.1 Å². The first kappa shape index (κ1) is 17.2. The van der Waals surface area contributed by atoms with Crippen LogP contribution in [0.1, 0.15) is 53.4 Å². The molecule has 0 spiro atoms. The number of hydrogen-bond donors (Lipinski definition) is 1. The Kier molecular flexibility index (Phi) is 6.76. The topological polar surface area (TPSA) is 59.0 Å². The minimum atomic E-state index is -0.521. The number of rotatable bonds is 6. The van der Waals surface area contributed by atoms with Crippen LogP contribution in [0.3, 0.4) is 0 Å². The summed E-state index contributed by atoms with van der Waals surface area (Å²) in [7, 11) is 0. The Morgan fingerprint density at radius 1 is 1.30 bits per heavy atom. The highest BCUT2D eigenvalue weighted by molar-refractivity contribution is 5.69. The van der Waals surface area contributed by atoms with E-state index in [1.807, 2.05) is 20.8 Å². The van der Waals surface area contributed by atoms with Crippen molar-refractivity contribution in [3.05, 3.63) is 0 Å². The predicted octanol–water partition coefficient (Wildman–Crippen LogP) is 2.56. The van der Waals surface area contributed by atoms with Gasteiger partial charge in [0.05, 0.1) is 25.3 Å². The molecule has 1 aliphatic rings. The lowest BCUT2D eigenvalue weighted by molar-refractivity contribution is -0.00395. The molecule has 1 fully saturated rings. The lowest BCUT2D eigenvalue weighted by Crippen LogP contribution is -2.47. The van der Waals surface area contributed by atoms with E-state index < -0.39 is 5.60 Å². The molecule has 0 aliphatic carbocycles. The van der Waals surface area contributed by atoms with Gasteiger partial charge in [0.25, 0.3) is 0 Å². The molecule has 0 aromatic carbocycles. The van der Waals surface area contributed by atoms with E-state index >= 15 is 0 Å². The number of aliphatic hydroxyl groups excluding tert-OH is 1. The zero-order valence-electron chi connectivity index (χ0n) is 13.2. The Balaban J connectivity index is 2.57. The monoisotopic (exact) mass is 287 g/mol. The van der Waals surface area contributed by atoms with Gasteiger partial charge in [-0.3, -0.25) is 4.90 Å². The highest BCUT2D eigenvalue weighted by atomic mass is 16.6. The molecule has 1 aliphatic heterocycles. The number of carbonyl (C=O) groups excluding carboxylic acids is 1. The number of carbonyl (C=O) groups is 1. The molecule has 5 heteroatoms. The van der Waals surface area contributed by atoms with Crippen molar-refractivity contribution in [2.75, 3.05) is 19.8 Å². The van der Waals surface area contributed by atoms with E-state index in [2.05, 4.69) is 6.92 Å². The normalized spacial score (nSPS) is 23.1. The Bertz CT molecular complexity index is 301. The minimum Gasteiger partial charge on any atom is -0.444 e. The van der Waals surface area contributed by atoms with Crippen molar-refractivity contribution in [1.82, 2.24) is 4.90 Å². The molecule has 1 amide bonds. The Morgan fingerprint density at radius 2 is 1.95 bits per heavy atom. The third-order valence-corrected chi connectivity index (χ3v) is 3.39. The predicted molar refractivity (Wildman–Crippen MR) is 77.7 cm³/mol. The summed E-state index contributed by atoms with van der Waals surface area (Å²) in [6.45, 7) is 8.89. The van der Waals surface area contributed by atoms with Gasteiger partial charge in [-0.1, -0.05) is 13.3 Å². The fraction of sp³-hybridized carbons (Fsp3) is 0.933. The van der Waals surface area contributed by atoms with Gasteiger partial charge in [-0.15, -0.1) is 0 Å². The van der Waals surface area contributed by atoms with Crippen molar-refractivity contribution in [2.24, 2.45) is 0 Å². The first-order chi connectivity index (χ1) is 9.39. The largest absolute Gasteiger partial charge is 0.444 e. The van der Waals surface area contributed by atoms with Gasteiger partial charge >= 0.3 is 6.09 Å². The number of amides is 1. The second kappa shape index (κ2) is 7.84. The Morgan fingerprint density at radius 3 is 2.50 bits per heavy atom. The molecular formula is C15H29NO4. The summed E-state index contributed by atoms with van der Waals surface area (Å²) in [5.41, 5.74) is -0.521. The Labute approximate surface area is 122 Å². The quantitative estimate of drug-likeness (QED) is 0.763. The van der Waals surface area contributed by atoms with E-state index in [1.54, 1.807) is 4.90 Å². The summed E-state index contributed by atoms with van der Waals surface area (Å²) >= 11 is 0. The van der Waals surface area contributed by atoms with Crippen LogP contribution in [0.4, 0.5) is 4.79 Å². The molecule has 0 aromatic heterocycles. The molecule has 0 saturated carbocycles. The van der Waals surface area contributed by atoms with Gasteiger partial charge in [-0.2, -0.15) is 0 Å². The third-order valence-electron chi connectivity index (χ3n) is 3.39. The summed E-state index contributed by atoms with van der Waals surface area (Å²) in [5.74, 6) is 0. The van der Waals surface area contributed by atoms with Gasteiger partial charge in [0.15, 0.2) is 0 Å². The van der Waals surface area contributed by atoms with E-state index in [0.29, 0.717) is 6.61 Å². The first-order valence-electron chi connectivity index (χ1n) is 7.59. The lowest BCUT2D eigenvalue weighted by atomic mass is 10.2. The van der Waals surface area contributed by atoms with Crippen LogP contribution in [-0.4, -0.2) is 53.6 Å². The van der Waals surface area contributed by atoms with E-state index in [1.165, 1.54) is 0 Å². The highest BCUT2D eigenvalue weighted by Crippen LogP contribution is 2.26. The Hall–Kier alpha value is -0.810. The number of aliphatic hydroxyl groups is 1. The number of ether oxygens (including phenoxy) is 2. The second-order valence-electron chi connectivity index (χ2n) is 6.38. The van der Waals surface area contributed by atoms with Gasteiger partial charge in [0.2, 0.25) is 0 Å². The third kappa shape index (κ3) is 5.29. The molecule has 1 N–H and O–H groups in total. The fourth-order valence-electron chi connectivity index (χ4n) is 2.38. The van der Waals surface area contributed by atoms with Crippen LogP contribution in [0.25, 0.3) is 0 Å². The summed E-state index contributed by atoms with van der Waals surface area (Å²) in [6, 6.07) is -0.136. The maximum Gasteiger partial charge on any atom is 0.410 e. The van der Waals surface area contributed by atoms with E-state index in [4.69, 9.17) is 9.47 Å². The zero-order valence-corrected chi connectivity index (χ0v) is 13.2. The highest BCUT2D eigenvalue weighted by Gasteiger charge is 2.38. The smallest absolute Gasteiger partial charge is 0.410 e. The standard InChI is InChI=1S/C15H29NO4/c1-5-6-9-19-11-13-8-7-12(10-17)16(13)14(18)20-15(2,3)4/h12-13,17H,5-11H2,1-4H3/t12-,13+/m1/s1. The first-order valence-corrected chi connectivity index (χ1v) is 7.59. The molecule has 20 heavy (non-hydrogen) atoms. The van der Waals surface area contributed by atoms with Gasteiger partial charge < -0.3 is 14.6 Å². The van der Waals surface area contributed by atoms with E-state index in [0.717, 1.165) is 32.3 Å². The van der Waals surface area contributed by atoms with Gasteiger partial charge in [0.1, 0.15) is 5.60 Å². The number of unbranched alkanes of at least 4 members (excludes halogenated alkanes) is 1. The van der Waals surface area contributed by atoms with Gasteiger partial charge in [-0.05, 0) is 40.0 Å². The summed E-state index contributed by atoms with van der Waals surface area (Å²) < 4.78 is 11.1. The fourth-order valence-corrected chi connectivity index (χ4v) is 2.38. The van der Waals surface area contributed by atoms with Crippen LogP contribution < -0.4 is 0 Å². The number of nitrogens with zero attached hydrogens (tertiary/aromatic N) is 1. The molecule has 1 saturated heterocycles. The van der Waals surface area contributed by atoms with Crippen molar-refractivity contribution in [3.63, 3.8) is 0 Å². The SMILES string of the molecule is CCCCOC[C@@H]1CC[C@H](CO)N1C(=O)OC(C)(C)C. The average Bonchev–Trinajstić information content (AvgIpc) is 2.75. The molecule has 2 atom stereocenters. The maximum absolute atomic E-state index is 12.3. The van der Waals surface area contributed by atoms with E-state index in [9.17, 15) is 9.90 Å². The summed E-state index contributed by atoms with van der Waals surface area (Å²) in [6.07, 6.45) is 3.44. The van der Waals surface area contributed by atoms with Crippen LogP contribution in [-0.2, 0) is 9.47 Å². The van der Waals surface area contributed by atoms with Crippen LogP contribution in [0.15, 0.2) is 0 Å². The van der Waals surface area contributed by atoms with Crippen molar-refractivity contribution < 1.29 is 19.4 Å². The van der Waals surface area contributed by atoms with Crippen LogP contribution in [0.2, 0.25) is 0 Å². The number of likely N-dealkylation sites (tertiary alicyclic amines) is 1. The van der Waals surface area contributed by atoms with Crippen molar-refractivity contribution in [3.8, 4) is 0 Å². The lowest BCUT2D eigenvalue weighted by Gasteiger charge is -2.31. The van der Waals surface area contributed by atoms with Crippen molar-refractivity contribution in [1.29, 1.82) is 0 Å². The van der Waals surface area contributed by atoms with Crippen molar-refractivity contribution >= 4 is 6.09 Å². The van der Waals surface area contributed by atoms with Crippen LogP contribution >= 0.6 is 0 Å². The molecule has 118 valence electrons. The summed E-state index contributed by atoms with van der Waals surface area (Å²) in [4.78, 5) is 13.9. The molecular weight excluding hydrogens is 258 g/mol. The average molecular weight is 287 g/mol. The maximum atomic E-state index is 12.3. The van der Waals surface area contributed by atoms with E-state index in [-0.39, 0.29) is 24.8 Å². The zero-order chi connectivity index (χ0) is 15.2. The summed E-state index contributed by atoms with van der Waals surface area (Å²) in [5, 5.41) is 9.42.